The number of benzene rings is 1. The molecule has 0 aliphatic heterocycles. The van der Waals surface area contributed by atoms with E-state index in [1.807, 2.05) is 5.48 Å². The summed E-state index contributed by atoms with van der Waals surface area (Å²) in [4.78, 5) is 0. The van der Waals surface area contributed by atoms with Gasteiger partial charge in [-0.1, -0.05) is 6.58 Å². The molecular formula is C10H12FNO. The van der Waals surface area contributed by atoms with Gasteiger partial charge in [0.1, 0.15) is 5.82 Å². The molecule has 2 nitrogen and oxygen atoms in total. The molecule has 0 atom stereocenters. The van der Waals surface area contributed by atoms with Gasteiger partial charge in [0, 0.05) is 5.56 Å². The molecule has 0 heterocycles. The van der Waals surface area contributed by atoms with Crippen molar-refractivity contribution in [3.63, 3.8) is 0 Å². The summed E-state index contributed by atoms with van der Waals surface area (Å²) in [5.41, 5.74) is 4.28. The Morgan fingerprint density at radius 1 is 1.54 bits per heavy atom. The fraction of sp³-hybridized carbons (Fsp3) is 0.200. The average Bonchev–Trinajstić information content (AvgIpc) is 2.08. The first kappa shape index (κ1) is 9.74. The third-order valence-corrected chi connectivity index (χ3v) is 1.88. The molecule has 0 aliphatic carbocycles. The second-order valence-electron chi connectivity index (χ2n) is 3.04. The Bertz CT molecular complexity index is 347. The van der Waals surface area contributed by atoms with Crippen molar-refractivity contribution in [1.82, 2.24) is 0 Å². The van der Waals surface area contributed by atoms with Gasteiger partial charge in [-0.2, -0.15) is 0 Å². The van der Waals surface area contributed by atoms with E-state index in [1.54, 1.807) is 19.9 Å². The molecule has 0 aliphatic rings. The van der Waals surface area contributed by atoms with E-state index < -0.39 is 0 Å². The fourth-order valence-corrected chi connectivity index (χ4v) is 1.13. The van der Waals surface area contributed by atoms with Gasteiger partial charge in [-0.15, -0.1) is 0 Å². The number of allylic oxidation sites excluding steroid dienone is 1. The van der Waals surface area contributed by atoms with Crippen molar-refractivity contribution >= 4 is 11.3 Å². The van der Waals surface area contributed by atoms with Crippen LogP contribution in [0.5, 0.6) is 0 Å². The van der Waals surface area contributed by atoms with E-state index >= 15 is 0 Å². The average molecular weight is 181 g/mol. The van der Waals surface area contributed by atoms with Crippen molar-refractivity contribution in [3.05, 3.63) is 35.7 Å². The summed E-state index contributed by atoms with van der Waals surface area (Å²) >= 11 is 0. The fourth-order valence-electron chi connectivity index (χ4n) is 1.13. The molecule has 0 saturated carbocycles. The van der Waals surface area contributed by atoms with Crippen LogP contribution in [0.15, 0.2) is 18.7 Å². The molecule has 1 rings (SSSR count). The van der Waals surface area contributed by atoms with Crippen LogP contribution in [-0.2, 0) is 0 Å². The van der Waals surface area contributed by atoms with Gasteiger partial charge >= 0.3 is 0 Å². The van der Waals surface area contributed by atoms with Crippen LogP contribution in [0.1, 0.15) is 18.1 Å². The summed E-state index contributed by atoms with van der Waals surface area (Å²) in [6, 6.07) is 2.90. The van der Waals surface area contributed by atoms with Crippen molar-refractivity contribution in [3.8, 4) is 0 Å². The van der Waals surface area contributed by atoms with Crippen LogP contribution >= 0.6 is 0 Å². The standard InChI is InChI=1S/C10H12FNO/c1-6(2)8-5-9(11)7(3)4-10(8)12-13/h4-5,12-13H,1H2,2-3H3. The maximum absolute atomic E-state index is 13.1. The Hall–Kier alpha value is -1.35. The first-order valence-electron chi connectivity index (χ1n) is 3.92. The van der Waals surface area contributed by atoms with Gasteiger partial charge in [-0.3, -0.25) is 10.7 Å². The van der Waals surface area contributed by atoms with Crippen LogP contribution in [0.2, 0.25) is 0 Å². The lowest BCUT2D eigenvalue weighted by Crippen LogP contribution is -1.97. The third kappa shape index (κ3) is 1.87. The van der Waals surface area contributed by atoms with Gasteiger partial charge in [0.15, 0.2) is 0 Å². The van der Waals surface area contributed by atoms with Gasteiger partial charge in [-0.25, -0.2) is 4.39 Å². The lowest BCUT2D eigenvalue weighted by atomic mass is 10.0. The molecule has 0 aromatic heterocycles. The van der Waals surface area contributed by atoms with E-state index in [0.717, 1.165) is 0 Å². The third-order valence-electron chi connectivity index (χ3n) is 1.88. The van der Waals surface area contributed by atoms with Crippen LogP contribution in [0.4, 0.5) is 10.1 Å². The molecule has 1 aromatic rings. The van der Waals surface area contributed by atoms with Crippen molar-refractivity contribution in [2.75, 3.05) is 5.48 Å². The number of anilines is 1. The maximum atomic E-state index is 13.1. The van der Waals surface area contributed by atoms with E-state index in [4.69, 9.17) is 5.21 Å². The monoisotopic (exact) mass is 181 g/mol. The molecule has 13 heavy (non-hydrogen) atoms. The van der Waals surface area contributed by atoms with Gasteiger partial charge in [0.25, 0.3) is 0 Å². The molecule has 1 aromatic carbocycles. The maximum Gasteiger partial charge on any atom is 0.126 e. The van der Waals surface area contributed by atoms with Crippen LogP contribution in [0.25, 0.3) is 5.57 Å². The quantitative estimate of drug-likeness (QED) is 0.687. The normalized spacial score (nSPS) is 9.85. The Morgan fingerprint density at radius 2 is 2.15 bits per heavy atom. The second-order valence-corrected chi connectivity index (χ2v) is 3.04. The molecule has 0 bridgehead atoms. The van der Waals surface area contributed by atoms with Crippen molar-refractivity contribution in [2.24, 2.45) is 0 Å². The zero-order valence-electron chi connectivity index (χ0n) is 7.69. The van der Waals surface area contributed by atoms with E-state index in [-0.39, 0.29) is 5.82 Å². The molecule has 0 saturated heterocycles. The topological polar surface area (TPSA) is 32.3 Å². The molecule has 0 amide bonds. The zero-order valence-corrected chi connectivity index (χ0v) is 7.69. The van der Waals surface area contributed by atoms with Gasteiger partial charge in [0.05, 0.1) is 5.69 Å². The van der Waals surface area contributed by atoms with Crippen molar-refractivity contribution in [1.29, 1.82) is 0 Å². The highest BCUT2D eigenvalue weighted by Gasteiger charge is 2.06. The van der Waals surface area contributed by atoms with Crippen LogP contribution in [0.3, 0.4) is 0 Å². The molecule has 70 valence electrons. The number of halogens is 1. The second kappa shape index (κ2) is 3.58. The van der Waals surface area contributed by atoms with Crippen molar-refractivity contribution in [2.45, 2.75) is 13.8 Å². The van der Waals surface area contributed by atoms with Crippen LogP contribution in [0, 0.1) is 12.7 Å². The summed E-state index contributed by atoms with van der Waals surface area (Å²) in [6.45, 7) is 7.08. The zero-order chi connectivity index (χ0) is 10.0. The van der Waals surface area contributed by atoms with Crippen LogP contribution < -0.4 is 5.48 Å². The predicted molar refractivity (Wildman–Crippen MR) is 51.3 cm³/mol. The van der Waals surface area contributed by atoms with Gasteiger partial charge in [-0.05, 0) is 37.1 Å². The lowest BCUT2D eigenvalue weighted by Gasteiger charge is -2.09. The highest BCUT2D eigenvalue weighted by molar-refractivity contribution is 5.73. The largest absolute Gasteiger partial charge is 0.291 e. The Labute approximate surface area is 76.7 Å². The van der Waals surface area contributed by atoms with Gasteiger partial charge < -0.3 is 0 Å². The molecule has 3 heteroatoms. The Morgan fingerprint density at radius 3 is 2.62 bits per heavy atom. The smallest absolute Gasteiger partial charge is 0.126 e. The van der Waals surface area contributed by atoms with E-state index in [2.05, 4.69) is 6.58 Å². The lowest BCUT2D eigenvalue weighted by molar-refractivity contribution is 0.388. The SMILES string of the molecule is C=C(C)c1cc(F)c(C)cc1NO. The number of rotatable bonds is 2. The first-order valence-corrected chi connectivity index (χ1v) is 3.92. The molecule has 0 spiro atoms. The van der Waals surface area contributed by atoms with E-state index in [1.165, 1.54) is 6.07 Å². The number of nitrogens with one attached hydrogen (secondary N) is 1. The molecule has 0 fully saturated rings. The van der Waals surface area contributed by atoms with Gasteiger partial charge in [0.2, 0.25) is 0 Å². The summed E-state index contributed by atoms with van der Waals surface area (Å²) in [6.07, 6.45) is 0. The predicted octanol–water partition coefficient (Wildman–Crippen LogP) is 2.97. The van der Waals surface area contributed by atoms with E-state index in [9.17, 15) is 4.39 Å². The first-order chi connectivity index (χ1) is 6.06. The Balaban J connectivity index is 3.33. The van der Waals surface area contributed by atoms with E-state index in [0.29, 0.717) is 22.4 Å². The highest BCUT2D eigenvalue weighted by atomic mass is 19.1. The summed E-state index contributed by atoms with van der Waals surface area (Å²) in [5, 5.41) is 8.77. The summed E-state index contributed by atoms with van der Waals surface area (Å²) in [5.74, 6) is -0.294. The number of hydrogen-bond donors (Lipinski definition) is 2. The number of hydrogen-bond acceptors (Lipinski definition) is 2. The van der Waals surface area contributed by atoms with Crippen LogP contribution in [-0.4, -0.2) is 5.21 Å². The Kier molecular flexibility index (Phi) is 2.68. The minimum atomic E-state index is -0.294. The summed E-state index contributed by atoms with van der Waals surface area (Å²) < 4.78 is 13.1. The molecule has 0 unspecified atom stereocenters. The molecule has 2 N–H and O–H groups in total. The minimum absolute atomic E-state index is 0.294. The highest BCUT2D eigenvalue weighted by Crippen LogP contribution is 2.25. The number of aryl methyl sites for hydroxylation is 1. The molecular weight excluding hydrogens is 169 g/mol. The summed E-state index contributed by atoms with van der Waals surface area (Å²) in [7, 11) is 0. The van der Waals surface area contributed by atoms with Crippen molar-refractivity contribution < 1.29 is 9.60 Å². The minimum Gasteiger partial charge on any atom is -0.291 e. The molecule has 0 radical (unpaired) electrons.